The fourth-order valence-electron chi connectivity index (χ4n) is 4.94. The van der Waals surface area contributed by atoms with E-state index < -0.39 is 0 Å². The first-order valence-electron chi connectivity index (χ1n) is 12.0. The Bertz CT molecular complexity index is 1400. The molecular weight excluding hydrogens is 416 g/mol. The van der Waals surface area contributed by atoms with Gasteiger partial charge in [0, 0.05) is 0 Å². The van der Waals surface area contributed by atoms with Gasteiger partial charge in [0.2, 0.25) is 0 Å². The van der Waals surface area contributed by atoms with Crippen LogP contribution in [0.1, 0.15) is 59.8 Å². The second kappa shape index (κ2) is 8.61. The van der Waals surface area contributed by atoms with Gasteiger partial charge in [-0.1, -0.05) is 80.1 Å². The van der Waals surface area contributed by atoms with Gasteiger partial charge < -0.3 is 4.74 Å². The Hall–Kier alpha value is -3.65. The predicted molar refractivity (Wildman–Crippen MR) is 141 cm³/mol. The van der Waals surface area contributed by atoms with Gasteiger partial charge >= 0.3 is 5.97 Å². The molecule has 4 aromatic carbocycles. The summed E-state index contributed by atoms with van der Waals surface area (Å²) in [5.74, 6) is -0.281. The molecule has 2 nitrogen and oxygen atoms in total. The molecule has 0 amide bonds. The van der Waals surface area contributed by atoms with Gasteiger partial charge in [-0.2, -0.15) is 0 Å². The Morgan fingerprint density at radius 1 is 0.882 bits per heavy atom. The van der Waals surface area contributed by atoms with Gasteiger partial charge in [0.25, 0.3) is 0 Å². The van der Waals surface area contributed by atoms with Crippen molar-refractivity contribution in [2.24, 2.45) is 0 Å². The summed E-state index contributed by atoms with van der Waals surface area (Å²) in [5, 5.41) is 2.46. The molecule has 0 spiro atoms. The highest BCUT2D eigenvalue weighted by Crippen LogP contribution is 2.44. The lowest BCUT2D eigenvalue weighted by atomic mass is 9.71. The van der Waals surface area contributed by atoms with Gasteiger partial charge in [0.15, 0.2) is 0 Å². The summed E-state index contributed by atoms with van der Waals surface area (Å²) >= 11 is 0. The minimum atomic E-state index is -0.281. The molecule has 0 saturated carbocycles. The maximum Gasteiger partial charge on any atom is 0.338 e. The van der Waals surface area contributed by atoms with E-state index in [-0.39, 0.29) is 11.4 Å². The van der Waals surface area contributed by atoms with Crippen LogP contribution in [0.25, 0.3) is 27.5 Å². The van der Waals surface area contributed by atoms with Crippen LogP contribution in [0.4, 0.5) is 0 Å². The maximum absolute atomic E-state index is 12.1. The SMILES string of the molecule is CCOC(=O)c1ccc(-c2cccc3cc4c(cc23)C(c2ccc(C)cc2)=CCC4(C)C)cc1. The molecule has 170 valence electrons. The van der Waals surface area contributed by atoms with Gasteiger partial charge in [-0.25, -0.2) is 4.79 Å². The van der Waals surface area contributed by atoms with Gasteiger partial charge in [0.1, 0.15) is 0 Å². The summed E-state index contributed by atoms with van der Waals surface area (Å²) in [7, 11) is 0. The number of hydrogen-bond acceptors (Lipinski definition) is 2. The molecule has 5 rings (SSSR count). The van der Waals surface area contributed by atoms with Crippen molar-refractivity contribution in [3.63, 3.8) is 0 Å². The largest absolute Gasteiger partial charge is 0.462 e. The summed E-state index contributed by atoms with van der Waals surface area (Å²) in [4.78, 5) is 12.1. The zero-order valence-corrected chi connectivity index (χ0v) is 20.3. The van der Waals surface area contributed by atoms with Gasteiger partial charge in [-0.05, 0) is 94.1 Å². The molecule has 1 aliphatic carbocycles. The molecule has 0 saturated heterocycles. The van der Waals surface area contributed by atoms with Crippen LogP contribution >= 0.6 is 0 Å². The average Bonchev–Trinajstić information content (AvgIpc) is 2.84. The normalized spacial score (nSPS) is 14.4. The number of rotatable bonds is 4. The number of allylic oxidation sites excluding steroid dienone is 1. The smallest absolute Gasteiger partial charge is 0.338 e. The van der Waals surface area contributed by atoms with Crippen molar-refractivity contribution in [1.29, 1.82) is 0 Å². The fourth-order valence-corrected chi connectivity index (χ4v) is 4.94. The van der Waals surface area contributed by atoms with Crippen LogP contribution < -0.4 is 0 Å². The summed E-state index contributed by atoms with van der Waals surface area (Å²) in [6, 6.07) is 27.8. The number of fused-ring (bicyclic) bond motifs is 2. The second-order valence-electron chi connectivity index (χ2n) is 9.79. The van der Waals surface area contributed by atoms with Crippen LogP contribution in [0.15, 0.2) is 84.9 Å². The minimum absolute atomic E-state index is 0.0784. The molecular formula is C32H30O2. The fraction of sp³-hybridized carbons (Fsp3) is 0.219. The van der Waals surface area contributed by atoms with Crippen LogP contribution in [-0.2, 0) is 10.2 Å². The minimum Gasteiger partial charge on any atom is -0.462 e. The number of benzene rings is 4. The Morgan fingerprint density at radius 3 is 2.29 bits per heavy atom. The molecule has 0 atom stereocenters. The van der Waals surface area contributed by atoms with Crippen LogP contribution in [-0.4, -0.2) is 12.6 Å². The van der Waals surface area contributed by atoms with Crippen LogP contribution in [0.5, 0.6) is 0 Å². The third-order valence-corrected chi connectivity index (χ3v) is 6.92. The van der Waals surface area contributed by atoms with Crippen LogP contribution in [0.3, 0.4) is 0 Å². The highest BCUT2D eigenvalue weighted by Gasteiger charge is 2.29. The first-order valence-corrected chi connectivity index (χ1v) is 12.0. The number of carbonyl (C=O) groups is 1. The monoisotopic (exact) mass is 446 g/mol. The summed E-state index contributed by atoms with van der Waals surface area (Å²) in [6.45, 7) is 8.99. The number of hydrogen-bond donors (Lipinski definition) is 0. The highest BCUT2D eigenvalue weighted by atomic mass is 16.5. The standard InChI is InChI=1S/C32H30O2/c1-5-34-31(33)24-15-13-23(14-16-24)26-8-6-7-25-19-30-29(20-28(25)26)27(17-18-32(30,3)4)22-11-9-21(2)10-12-22/h6-17,19-20H,5,18H2,1-4H3. The van der Waals surface area contributed by atoms with E-state index in [0.29, 0.717) is 12.2 Å². The number of aryl methyl sites for hydroxylation is 1. The van der Waals surface area contributed by atoms with E-state index in [2.05, 4.69) is 81.4 Å². The molecule has 1 aliphatic rings. The van der Waals surface area contributed by atoms with Crippen molar-refractivity contribution < 1.29 is 9.53 Å². The Morgan fingerprint density at radius 2 is 1.59 bits per heavy atom. The zero-order valence-electron chi connectivity index (χ0n) is 20.3. The van der Waals surface area contributed by atoms with Crippen molar-refractivity contribution in [2.75, 3.05) is 6.61 Å². The third kappa shape index (κ3) is 3.94. The Kier molecular flexibility index (Phi) is 5.61. The molecule has 34 heavy (non-hydrogen) atoms. The maximum atomic E-state index is 12.1. The van der Waals surface area contributed by atoms with E-state index in [1.165, 1.54) is 44.2 Å². The van der Waals surface area contributed by atoms with Crippen molar-refractivity contribution in [1.82, 2.24) is 0 Å². The van der Waals surface area contributed by atoms with E-state index in [1.807, 2.05) is 31.2 Å². The lowest BCUT2D eigenvalue weighted by molar-refractivity contribution is 0.0526. The summed E-state index contributed by atoms with van der Waals surface area (Å²) in [5.41, 5.74) is 9.46. The van der Waals surface area contributed by atoms with E-state index >= 15 is 0 Å². The summed E-state index contributed by atoms with van der Waals surface area (Å²) in [6.07, 6.45) is 3.42. The molecule has 4 aromatic rings. The van der Waals surface area contributed by atoms with Crippen molar-refractivity contribution in [3.05, 3.63) is 113 Å². The van der Waals surface area contributed by atoms with Crippen LogP contribution in [0.2, 0.25) is 0 Å². The van der Waals surface area contributed by atoms with Gasteiger partial charge in [-0.3, -0.25) is 0 Å². The molecule has 0 fully saturated rings. The quantitative estimate of drug-likeness (QED) is 0.296. The highest BCUT2D eigenvalue weighted by molar-refractivity contribution is 6.01. The molecule has 0 N–H and O–H groups in total. The topological polar surface area (TPSA) is 26.3 Å². The van der Waals surface area contributed by atoms with E-state index in [9.17, 15) is 4.79 Å². The average molecular weight is 447 g/mol. The van der Waals surface area contributed by atoms with Gasteiger partial charge in [-0.15, -0.1) is 0 Å². The lowest BCUT2D eigenvalue weighted by Gasteiger charge is -2.33. The molecule has 0 bridgehead atoms. The van der Waals surface area contributed by atoms with Crippen molar-refractivity contribution >= 4 is 22.3 Å². The van der Waals surface area contributed by atoms with Crippen molar-refractivity contribution in [3.8, 4) is 11.1 Å². The summed E-state index contributed by atoms with van der Waals surface area (Å²) < 4.78 is 5.14. The number of esters is 1. The number of carbonyl (C=O) groups excluding carboxylic acids is 1. The van der Waals surface area contributed by atoms with E-state index in [4.69, 9.17) is 4.74 Å². The van der Waals surface area contributed by atoms with Crippen LogP contribution in [0, 0.1) is 6.92 Å². The molecule has 2 heteroatoms. The van der Waals surface area contributed by atoms with E-state index in [0.717, 1.165) is 12.0 Å². The van der Waals surface area contributed by atoms with Gasteiger partial charge in [0.05, 0.1) is 12.2 Å². The predicted octanol–water partition coefficient (Wildman–Crippen LogP) is 8.10. The Labute approximate surface area is 201 Å². The molecule has 0 aliphatic heterocycles. The molecule has 0 radical (unpaired) electrons. The van der Waals surface area contributed by atoms with E-state index in [1.54, 1.807) is 0 Å². The Balaban J connectivity index is 1.66. The number of ether oxygens (including phenoxy) is 1. The molecule has 0 heterocycles. The second-order valence-corrected chi connectivity index (χ2v) is 9.79. The van der Waals surface area contributed by atoms with Crippen molar-refractivity contribution in [2.45, 2.75) is 39.5 Å². The first kappa shape index (κ1) is 22.2. The zero-order chi connectivity index (χ0) is 23.9. The lowest BCUT2D eigenvalue weighted by Crippen LogP contribution is -2.22. The first-order chi connectivity index (χ1) is 16.4. The molecule has 0 unspecified atom stereocenters. The third-order valence-electron chi connectivity index (χ3n) is 6.92. The molecule has 0 aromatic heterocycles.